The molecule has 1 heterocycles. The minimum absolute atomic E-state index is 0.654. The molecule has 1 aromatic rings. The molecule has 0 radical (unpaired) electrons. The Morgan fingerprint density at radius 2 is 2.15 bits per heavy atom. The number of hydrogen-bond acceptors (Lipinski definition) is 2. The molecule has 0 spiro atoms. The predicted octanol–water partition coefficient (Wildman–Crippen LogP) is 3.84. The summed E-state index contributed by atoms with van der Waals surface area (Å²) in [4.78, 5) is 0. The van der Waals surface area contributed by atoms with E-state index in [1.165, 1.54) is 55.2 Å². The maximum Gasteiger partial charge on any atom is 0.0635 e. The first-order valence-corrected chi connectivity index (χ1v) is 8.89. The van der Waals surface area contributed by atoms with Gasteiger partial charge in [-0.1, -0.05) is 19.8 Å². The molecule has 112 valence electrons. The van der Waals surface area contributed by atoms with Crippen LogP contribution >= 0.6 is 15.9 Å². The molecule has 0 saturated heterocycles. The van der Waals surface area contributed by atoms with Gasteiger partial charge in [-0.3, -0.25) is 4.68 Å². The zero-order valence-electron chi connectivity index (χ0n) is 12.6. The number of aryl methyl sites for hydroxylation is 1. The van der Waals surface area contributed by atoms with Gasteiger partial charge in [0.05, 0.1) is 16.4 Å². The van der Waals surface area contributed by atoms with E-state index in [2.05, 4.69) is 45.0 Å². The highest BCUT2D eigenvalue weighted by Crippen LogP contribution is 2.43. The summed E-state index contributed by atoms with van der Waals surface area (Å²) in [5.74, 6) is 2.31. The van der Waals surface area contributed by atoms with Gasteiger partial charge in [0.15, 0.2) is 0 Å². The SMILES string of the molecule is CCC1CCC(CNC2CC2)C(c2c(Br)cnn2C)C1. The highest BCUT2D eigenvalue weighted by atomic mass is 79.9. The van der Waals surface area contributed by atoms with Crippen molar-refractivity contribution in [3.8, 4) is 0 Å². The van der Waals surface area contributed by atoms with E-state index in [0.717, 1.165) is 17.9 Å². The van der Waals surface area contributed by atoms with Crippen molar-refractivity contribution in [2.75, 3.05) is 6.54 Å². The molecular formula is C16H26BrN3. The Kier molecular flexibility index (Phi) is 4.51. The third-order valence-corrected chi connectivity index (χ3v) is 5.83. The van der Waals surface area contributed by atoms with Crippen molar-refractivity contribution in [3.63, 3.8) is 0 Å². The number of hydrogen-bond donors (Lipinski definition) is 1. The molecule has 4 heteroatoms. The van der Waals surface area contributed by atoms with Crippen LogP contribution in [0.25, 0.3) is 0 Å². The van der Waals surface area contributed by atoms with Crippen molar-refractivity contribution >= 4 is 15.9 Å². The Balaban J connectivity index is 1.76. The van der Waals surface area contributed by atoms with E-state index in [9.17, 15) is 0 Å². The van der Waals surface area contributed by atoms with E-state index in [1.807, 2.05) is 6.20 Å². The molecule has 2 saturated carbocycles. The summed E-state index contributed by atoms with van der Waals surface area (Å²) in [6, 6.07) is 0.814. The number of halogens is 1. The van der Waals surface area contributed by atoms with Gasteiger partial charge in [-0.05, 0) is 60.0 Å². The van der Waals surface area contributed by atoms with Crippen molar-refractivity contribution in [1.82, 2.24) is 15.1 Å². The molecule has 0 aromatic carbocycles. The van der Waals surface area contributed by atoms with Gasteiger partial charge in [0.25, 0.3) is 0 Å². The van der Waals surface area contributed by atoms with Crippen LogP contribution in [0.2, 0.25) is 0 Å². The topological polar surface area (TPSA) is 29.9 Å². The Labute approximate surface area is 130 Å². The van der Waals surface area contributed by atoms with Crippen LogP contribution in [0, 0.1) is 11.8 Å². The van der Waals surface area contributed by atoms with Crippen LogP contribution < -0.4 is 5.32 Å². The van der Waals surface area contributed by atoms with Gasteiger partial charge in [-0.25, -0.2) is 0 Å². The third kappa shape index (κ3) is 3.11. The standard InChI is InChI=1S/C16H26BrN3/c1-3-11-4-5-12(9-18-13-6-7-13)14(8-11)16-15(17)10-19-20(16)2/h10-14,18H,3-9H2,1-2H3. The molecule has 1 N–H and O–H groups in total. The van der Waals surface area contributed by atoms with Gasteiger partial charge in [0, 0.05) is 19.0 Å². The van der Waals surface area contributed by atoms with E-state index >= 15 is 0 Å². The second-order valence-electron chi connectivity index (χ2n) is 6.64. The molecule has 0 bridgehead atoms. The average molecular weight is 340 g/mol. The predicted molar refractivity (Wildman–Crippen MR) is 85.8 cm³/mol. The van der Waals surface area contributed by atoms with Crippen molar-refractivity contribution in [2.45, 2.75) is 57.4 Å². The molecule has 2 aliphatic rings. The summed E-state index contributed by atoms with van der Waals surface area (Å²) in [6.45, 7) is 3.52. The van der Waals surface area contributed by atoms with Gasteiger partial charge in [0.2, 0.25) is 0 Å². The van der Waals surface area contributed by atoms with Gasteiger partial charge in [-0.15, -0.1) is 0 Å². The zero-order chi connectivity index (χ0) is 14.1. The summed E-state index contributed by atoms with van der Waals surface area (Å²) in [6.07, 6.45) is 10.1. The van der Waals surface area contributed by atoms with Crippen LogP contribution in [-0.2, 0) is 7.05 Å². The number of nitrogens with zero attached hydrogens (tertiary/aromatic N) is 2. The fourth-order valence-electron chi connectivity index (χ4n) is 3.71. The van der Waals surface area contributed by atoms with Crippen LogP contribution in [0.4, 0.5) is 0 Å². The lowest BCUT2D eigenvalue weighted by molar-refractivity contribution is 0.218. The maximum absolute atomic E-state index is 4.43. The normalized spacial score (nSPS) is 30.6. The van der Waals surface area contributed by atoms with E-state index in [1.54, 1.807) is 0 Å². The van der Waals surface area contributed by atoms with E-state index in [4.69, 9.17) is 0 Å². The third-order valence-electron chi connectivity index (χ3n) is 5.21. The summed E-state index contributed by atoms with van der Waals surface area (Å²) < 4.78 is 3.27. The van der Waals surface area contributed by atoms with E-state index < -0.39 is 0 Å². The Morgan fingerprint density at radius 3 is 2.75 bits per heavy atom. The molecule has 0 aliphatic heterocycles. The first-order valence-electron chi connectivity index (χ1n) is 8.09. The quantitative estimate of drug-likeness (QED) is 0.882. The second kappa shape index (κ2) is 6.18. The smallest absolute Gasteiger partial charge is 0.0635 e. The molecule has 20 heavy (non-hydrogen) atoms. The second-order valence-corrected chi connectivity index (χ2v) is 7.49. The van der Waals surface area contributed by atoms with E-state index in [0.29, 0.717) is 5.92 Å². The van der Waals surface area contributed by atoms with E-state index in [-0.39, 0.29) is 0 Å². The van der Waals surface area contributed by atoms with Crippen molar-refractivity contribution in [1.29, 1.82) is 0 Å². The molecule has 3 unspecified atom stereocenters. The summed E-state index contributed by atoms with van der Waals surface area (Å²) in [5, 5.41) is 8.18. The number of rotatable bonds is 5. The number of aromatic nitrogens is 2. The van der Waals surface area contributed by atoms with Crippen molar-refractivity contribution in [3.05, 3.63) is 16.4 Å². The highest BCUT2D eigenvalue weighted by Gasteiger charge is 2.34. The lowest BCUT2D eigenvalue weighted by Crippen LogP contribution is -2.33. The molecule has 2 aliphatic carbocycles. The molecule has 3 atom stereocenters. The minimum Gasteiger partial charge on any atom is -0.314 e. The fourth-order valence-corrected chi connectivity index (χ4v) is 4.36. The zero-order valence-corrected chi connectivity index (χ0v) is 14.2. The fraction of sp³-hybridized carbons (Fsp3) is 0.812. The molecular weight excluding hydrogens is 314 g/mol. The molecule has 3 nitrogen and oxygen atoms in total. The van der Waals surface area contributed by atoms with Crippen molar-refractivity contribution in [2.24, 2.45) is 18.9 Å². The monoisotopic (exact) mass is 339 g/mol. The molecule has 0 amide bonds. The Hall–Kier alpha value is -0.350. The summed E-state index contributed by atoms with van der Waals surface area (Å²) in [7, 11) is 2.08. The molecule has 3 rings (SSSR count). The maximum atomic E-state index is 4.43. The van der Waals surface area contributed by atoms with Gasteiger partial charge in [-0.2, -0.15) is 5.10 Å². The first-order chi connectivity index (χ1) is 9.69. The van der Waals surface area contributed by atoms with Gasteiger partial charge in [0.1, 0.15) is 0 Å². The minimum atomic E-state index is 0.654. The largest absolute Gasteiger partial charge is 0.314 e. The van der Waals surface area contributed by atoms with Gasteiger partial charge >= 0.3 is 0 Å². The van der Waals surface area contributed by atoms with Crippen LogP contribution in [-0.4, -0.2) is 22.4 Å². The molecule has 2 fully saturated rings. The van der Waals surface area contributed by atoms with Crippen LogP contribution in [0.3, 0.4) is 0 Å². The highest BCUT2D eigenvalue weighted by molar-refractivity contribution is 9.10. The average Bonchev–Trinajstić information content (AvgIpc) is 3.22. The number of nitrogens with one attached hydrogen (secondary N) is 1. The molecule has 1 aromatic heterocycles. The van der Waals surface area contributed by atoms with Crippen molar-refractivity contribution < 1.29 is 0 Å². The van der Waals surface area contributed by atoms with Crippen LogP contribution in [0.1, 0.15) is 57.1 Å². The van der Waals surface area contributed by atoms with Gasteiger partial charge < -0.3 is 5.32 Å². The van der Waals surface area contributed by atoms with Crippen LogP contribution in [0.5, 0.6) is 0 Å². The Morgan fingerprint density at radius 1 is 1.35 bits per heavy atom. The summed E-state index contributed by atoms with van der Waals surface area (Å²) in [5.41, 5.74) is 1.41. The summed E-state index contributed by atoms with van der Waals surface area (Å²) >= 11 is 3.71. The lowest BCUT2D eigenvalue weighted by Gasteiger charge is -2.36. The van der Waals surface area contributed by atoms with Crippen LogP contribution in [0.15, 0.2) is 10.7 Å². The first kappa shape index (κ1) is 14.6. The lowest BCUT2D eigenvalue weighted by atomic mass is 9.71. The Bertz CT molecular complexity index is 433.